The first-order valence-corrected chi connectivity index (χ1v) is 4.66. The van der Waals surface area contributed by atoms with E-state index < -0.39 is 5.60 Å². The van der Waals surface area contributed by atoms with Crippen molar-refractivity contribution in [3.8, 4) is 0 Å². The van der Waals surface area contributed by atoms with Crippen LogP contribution >= 0.6 is 0 Å². The van der Waals surface area contributed by atoms with E-state index in [2.05, 4.69) is 0 Å². The van der Waals surface area contributed by atoms with Gasteiger partial charge in [0, 0.05) is 12.8 Å². The van der Waals surface area contributed by atoms with Crippen LogP contribution in [-0.4, -0.2) is 16.5 Å². The van der Waals surface area contributed by atoms with Crippen LogP contribution in [0.2, 0.25) is 0 Å². The van der Waals surface area contributed by atoms with Crippen LogP contribution in [0.25, 0.3) is 0 Å². The maximum atomic E-state index is 11.2. The Hall–Kier alpha value is -0.890. The van der Waals surface area contributed by atoms with Gasteiger partial charge in [0.05, 0.1) is 5.60 Å². The molecule has 13 heavy (non-hydrogen) atoms. The fourth-order valence-corrected chi connectivity index (χ4v) is 1.36. The average molecular weight is 180 g/mol. The lowest BCUT2D eigenvalue weighted by Gasteiger charge is -2.25. The summed E-state index contributed by atoms with van der Waals surface area (Å²) in [5, 5.41) is 9.94. The quantitative estimate of drug-likeness (QED) is 0.721. The van der Waals surface area contributed by atoms with E-state index in [0.717, 1.165) is 5.57 Å². The van der Waals surface area contributed by atoms with Crippen LogP contribution in [-0.2, 0) is 4.79 Å². The lowest BCUT2D eigenvalue weighted by molar-refractivity contribution is -0.122. The van der Waals surface area contributed by atoms with Crippen molar-refractivity contribution in [2.45, 2.75) is 38.7 Å². The maximum Gasteiger partial charge on any atom is 0.135 e. The molecule has 0 aliphatic heterocycles. The molecule has 1 aliphatic carbocycles. The van der Waals surface area contributed by atoms with Gasteiger partial charge in [-0.15, -0.1) is 0 Å². The topological polar surface area (TPSA) is 37.3 Å². The Morgan fingerprint density at radius 2 is 2.38 bits per heavy atom. The van der Waals surface area contributed by atoms with Crippen LogP contribution in [0.3, 0.4) is 0 Å². The number of ketones is 1. The molecule has 0 radical (unpaired) electrons. The third-order valence-corrected chi connectivity index (χ3v) is 2.33. The zero-order chi connectivity index (χ0) is 9.90. The normalized spacial score (nSPS) is 27.2. The van der Waals surface area contributed by atoms with Gasteiger partial charge in [0.15, 0.2) is 0 Å². The standard InChI is InChI=1S/C11H16O2/c1-3-10(12)8-11(13)6-4-9(2)5-7-11/h4-6,13H,3,7-8H2,1-2H3. The second-order valence-electron chi connectivity index (χ2n) is 3.66. The predicted molar refractivity (Wildman–Crippen MR) is 52.4 cm³/mol. The van der Waals surface area contributed by atoms with E-state index in [-0.39, 0.29) is 12.2 Å². The van der Waals surface area contributed by atoms with Gasteiger partial charge in [-0.1, -0.05) is 30.7 Å². The van der Waals surface area contributed by atoms with Gasteiger partial charge in [-0.3, -0.25) is 4.79 Å². The van der Waals surface area contributed by atoms with Crippen LogP contribution in [0.1, 0.15) is 33.1 Å². The maximum absolute atomic E-state index is 11.2. The van der Waals surface area contributed by atoms with Gasteiger partial charge in [-0.05, 0) is 13.3 Å². The highest BCUT2D eigenvalue weighted by Gasteiger charge is 2.26. The Morgan fingerprint density at radius 1 is 1.69 bits per heavy atom. The fourth-order valence-electron chi connectivity index (χ4n) is 1.36. The molecule has 0 saturated carbocycles. The lowest BCUT2D eigenvalue weighted by atomic mass is 9.87. The summed E-state index contributed by atoms with van der Waals surface area (Å²) < 4.78 is 0. The Bertz CT molecular complexity index is 263. The minimum Gasteiger partial charge on any atom is -0.385 e. The summed E-state index contributed by atoms with van der Waals surface area (Å²) in [4.78, 5) is 11.2. The average Bonchev–Trinajstić information content (AvgIpc) is 2.10. The molecule has 0 bridgehead atoms. The van der Waals surface area contributed by atoms with Gasteiger partial charge in [0.25, 0.3) is 0 Å². The molecule has 0 aromatic carbocycles. The predicted octanol–water partition coefficient (Wildman–Crippen LogP) is 1.99. The third kappa shape index (κ3) is 2.81. The van der Waals surface area contributed by atoms with Crippen molar-refractivity contribution in [1.82, 2.24) is 0 Å². The minimum absolute atomic E-state index is 0.111. The zero-order valence-electron chi connectivity index (χ0n) is 8.21. The molecule has 0 spiro atoms. The second-order valence-corrected chi connectivity index (χ2v) is 3.66. The molecular weight excluding hydrogens is 164 g/mol. The van der Waals surface area contributed by atoms with Crippen molar-refractivity contribution in [3.05, 3.63) is 23.8 Å². The van der Waals surface area contributed by atoms with Crippen molar-refractivity contribution >= 4 is 5.78 Å². The summed E-state index contributed by atoms with van der Waals surface area (Å²) in [5.74, 6) is 0.111. The minimum atomic E-state index is -0.924. The van der Waals surface area contributed by atoms with Crippen LogP contribution in [0.5, 0.6) is 0 Å². The molecule has 72 valence electrons. The van der Waals surface area contributed by atoms with E-state index in [1.165, 1.54) is 0 Å². The van der Waals surface area contributed by atoms with Crippen molar-refractivity contribution < 1.29 is 9.90 Å². The summed E-state index contributed by atoms with van der Waals surface area (Å²) in [7, 11) is 0. The molecule has 2 nitrogen and oxygen atoms in total. The Labute approximate surface area is 79.0 Å². The number of Topliss-reactive ketones (excluding diaryl/α,β-unsaturated/α-hetero) is 1. The molecule has 0 heterocycles. The molecule has 0 amide bonds. The third-order valence-electron chi connectivity index (χ3n) is 2.33. The van der Waals surface area contributed by atoms with Gasteiger partial charge in [-0.25, -0.2) is 0 Å². The Kier molecular flexibility index (Phi) is 3.04. The highest BCUT2D eigenvalue weighted by molar-refractivity contribution is 5.79. The summed E-state index contributed by atoms with van der Waals surface area (Å²) in [6.07, 6.45) is 6.86. The van der Waals surface area contributed by atoms with Crippen LogP contribution in [0, 0.1) is 0 Å². The molecule has 1 unspecified atom stereocenters. The largest absolute Gasteiger partial charge is 0.385 e. The number of hydrogen-bond donors (Lipinski definition) is 1. The van der Waals surface area contributed by atoms with E-state index >= 15 is 0 Å². The molecule has 1 atom stereocenters. The van der Waals surface area contributed by atoms with Crippen molar-refractivity contribution in [2.24, 2.45) is 0 Å². The lowest BCUT2D eigenvalue weighted by Crippen LogP contribution is -2.29. The summed E-state index contributed by atoms with van der Waals surface area (Å²) in [6, 6.07) is 0. The molecule has 1 N–H and O–H groups in total. The summed E-state index contributed by atoms with van der Waals surface area (Å²) in [5.41, 5.74) is 0.223. The van der Waals surface area contributed by atoms with Gasteiger partial charge in [0.2, 0.25) is 0 Å². The van der Waals surface area contributed by atoms with Crippen LogP contribution in [0.15, 0.2) is 23.8 Å². The number of allylic oxidation sites excluding steroid dienone is 2. The first-order valence-electron chi connectivity index (χ1n) is 4.66. The van der Waals surface area contributed by atoms with Gasteiger partial charge < -0.3 is 5.11 Å². The number of aliphatic hydroxyl groups is 1. The highest BCUT2D eigenvalue weighted by Crippen LogP contribution is 2.24. The molecule has 0 saturated heterocycles. The van der Waals surface area contributed by atoms with Crippen molar-refractivity contribution in [2.75, 3.05) is 0 Å². The summed E-state index contributed by atoms with van der Waals surface area (Å²) in [6.45, 7) is 3.80. The van der Waals surface area contributed by atoms with Crippen LogP contribution < -0.4 is 0 Å². The highest BCUT2D eigenvalue weighted by atomic mass is 16.3. The molecule has 2 heteroatoms. The van der Waals surface area contributed by atoms with E-state index in [0.29, 0.717) is 12.8 Å². The van der Waals surface area contributed by atoms with E-state index in [1.54, 1.807) is 6.08 Å². The van der Waals surface area contributed by atoms with Gasteiger partial charge >= 0.3 is 0 Å². The second kappa shape index (κ2) is 3.88. The molecular formula is C11H16O2. The van der Waals surface area contributed by atoms with E-state index in [9.17, 15) is 9.90 Å². The number of carbonyl (C=O) groups excluding carboxylic acids is 1. The van der Waals surface area contributed by atoms with Crippen molar-refractivity contribution in [1.29, 1.82) is 0 Å². The summed E-state index contributed by atoms with van der Waals surface area (Å²) >= 11 is 0. The SMILES string of the molecule is CCC(=O)CC1(O)C=CC(C)=CC1. The first kappa shape index (κ1) is 10.2. The number of hydrogen-bond acceptors (Lipinski definition) is 2. The molecule has 1 aliphatic rings. The molecule has 1 rings (SSSR count). The molecule has 0 fully saturated rings. The first-order chi connectivity index (χ1) is 6.06. The van der Waals surface area contributed by atoms with Gasteiger partial charge in [-0.2, -0.15) is 0 Å². The van der Waals surface area contributed by atoms with E-state index in [1.807, 2.05) is 26.0 Å². The molecule has 0 aromatic rings. The van der Waals surface area contributed by atoms with Gasteiger partial charge in [0.1, 0.15) is 5.78 Å². The van der Waals surface area contributed by atoms with Crippen LogP contribution in [0.4, 0.5) is 0 Å². The fraction of sp³-hybridized carbons (Fsp3) is 0.545. The van der Waals surface area contributed by atoms with Crippen molar-refractivity contribution in [3.63, 3.8) is 0 Å². The Morgan fingerprint density at radius 3 is 2.85 bits per heavy atom. The van der Waals surface area contributed by atoms with E-state index in [4.69, 9.17) is 0 Å². The smallest absolute Gasteiger partial charge is 0.135 e. The monoisotopic (exact) mass is 180 g/mol. The Balaban J connectivity index is 2.60. The molecule has 0 aromatic heterocycles. The number of rotatable bonds is 3. The number of carbonyl (C=O) groups is 1. The zero-order valence-corrected chi connectivity index (χ0v) is 8.21.